The highest BCUT2D eigenvalue weighted by atomic mass is 19.1. The van der Waals surface area contributed by atoms with Gasteiger partial charge in [-0.1, -0.05) is 44.5 Å². The fourth-order valence-corrected chi connectivity index (χ4v) is 3.30. The van der Waals surface area contributed by atoms with Gasteiger partial charge in [-0.15, -0.1) is 0 Å². The van der Waals surface area contributed by atoms with Gasteiger partial charge in [0, 0.05) is 13.1 Å². The molecule has 0 bridgehead atoms. The van der Waals surface area contributed by atoms with Gasteiger partial charge in [-0.05, 0) is 61.6 Å². The van der Waals surface area contributed by atoms with E-state index < -0.39 is 6.04 Å². The number of unbranched alkanes of at least 4 members (excludes halogenated alkanes) is 1. The van der Waals surface area contributed by atoms with Crippen molar-refractivity contribution < 1.29 is 18.7 Å². The maximum atomic E-state index is 13.3. The molecule has 0 saturated carbocycles. The van der Waals surface area contributed by atoms with Gasteiger partial charge in [-0.3, -0.25) is 9.59 Å². The molecular weight excluding hydrogens is 395 g/mol. The summed E-state index contributed by atoms with van der Waals surface area (Å²) < 4.78 is 19.1. The molecule has 0 aromatic heterocycles. The lowest BCUT2D eigenvalue weighted by atomic mass is 10.1. The smallest absolute Gasteiger partial charge is 0.261 e. The monoisotopic (exact) mass is 428 g/mol. The molecule has 5 nitrogen and oxygen atoms in total. The largest absolute Gasteiger partial charge is 0.483 e. The molecule has 0 aliphatic carbocycles. The third-order valence-corrected chi connectivity index (χ3v) is 5.18. The van der Waals surface area contributed by atoms with Crippen LogP contribution in [0.4, 0.5) is 4.39 Å². The van der Waals surface area contributed by atoms with Crippen molar-refractivity contribution in [1.82, 2.24) is 10.2 Å². The summed E-state index contributed by atoms with van der Waals surface area (Å²) in [5.41, 5.74) is 2.73. The van der Waals surface area contributed by atoms with Crippen LogP contribution >= 0.6 is 0 Å². The third-order valence-electron chi connectivity index (χ3n) is 5.18. The van der Waals surface area contributed by atoms with Gasteiger partial charge in [-0.25, -0.2) is 4.39 Å². The van der Waals surface area contributed by atoms with E-state index in [1.54, 1.807) is 12.1 Å². The highest BCUT2D eigenvalue weighted by Gasteiger charge is 2.28. The van der Waals surface area contributed by atoms with Gasteiger partial charge in [0.1, 0.15) is 17.6 Å². The van der Waals surface area contributed by atoms with Crippen molar-refractivity contribution in [2.45, 2.75) is 59.5 Å². The minimum atomic E-state index is -0.628. The van der Waals surface area contributed by atoms with Crippen molar-refractivity contribution in [1.29, 1.82) is 0 Å². The topological polar surface area (TPSA) is 58.6 Å². The van der Waals surface area contributed by atoms with Gasteiger partial charge >= 0.3 is 0 Å². The minimum absolute atomic E-state index is 0.176. The number of amides is 2. The van der Waals surface area contributed by atoms with Crippen molar-refractivity contribution in [2.24, 2.45) is 0 Å². The van der Waals surface area contributed by atoms with E-state index in [4.69, 9.17) is 4.74 Å². The molecule has 1 atom stereocenters. The summed E-state index contributed by atoms with van der Waals surface area (Å²) in [5, 5.41) is 2.92. The quantitative estimate of drug-likeness (QED) is 0.535. The molecule has 2 aromatic rings. The molecule has 0 radical (unpaired) electrons. The number of benzene rings is 2. The van der Waals surface area contributed by atoms with Gasteiger partial charge in [0.15, 0.2) is 6.61 Å². The van der Waals surface area contributed by atoms with Gasteiger partial charge in [0.2, 0.25) is 5.91 Å². The zero-order chi connectivity index (χ0) is 22.8. The van der Waals surface area contributed by atoms with Gasteiger partial charge < -0.3 is 15.0 Å². The van der Waals surface area contributed by atoms with E-state index in [1.807, 2.05) is 39.0 Å². The van der Waals surface area contributed by atoms with Crippen LogP contribution in [0.5, 0.6) is 5.75 Å². The number of aryl methyl sites for hydroxylation is 2. The highest BCUT2D eigenvalue weighted by Crippen LogP contribution is 2.20. The fourth-order valence-electron chi connectivity index (χ4n) is 3.30. The Kier molecular flexibility index (Phi) is 9.50. The number of nitrogens with one attached hydrogen (secondary N) is 1. The second-order valence-electron chi connectivity index (χ2n) is 7.77. The number of carbonyl (C=O) groups excluding carboxylic acids is 2. The summed E-state index contributed by atoms with van der Waals surface area (Å²) >= 11 is 0. The maximum Gasteiger partial charge on any atom is 0.261 e. The first-order valence-corrected chi connectivity index (χ1v) is 10.9. The van der Waals surface area contributed by atoms with E-state index in [1.165, 1.54) is 17.0 Å². The molecule has 168 valence electrons. The second kappa shape index (κ2) is 12.1. The van der Waals surface area contributed by atoms with Gasteiger partial charge in [-0.2, -0.15) is 0 Å². The molecule has 31 heavy (non-hydrogen) atoms. The number of carbonyl (C=O) groups is 2. The predicted octanol–water partition coefficient (Wildman–Crippen LogP) is 4.55. The standard InChI is InChI=1S/C25H33FN2O3/c1-5-7-14-27-25(30)22(6-2)28(16-20-10-12-21(26)13-11-20)24(29)17-31-23-15-18(3)8-9-19(23)4/h8-13,15,22H,5-7,14,16-17H2,1-4H3,(H,27,30). The molecule has 0 aliphatic rings. The number of nitrogens with zero attached hydrogens (tertiary/aromatic N) is 1. The Hall–Kier alpha value is -2.89. The predicted molar refractivity (Wildman–Crippen MR) is 120 cm³/mol. The molecule has 0 saturated heterocycles. The molecule has 2 amide bonds. The number of halogens is 1. The lowest BCUT2D eigenvalue weighted by Crippen LogP contribution is -2.50. The summed E-state index contributed by atoms with van der Waals surface area (Å²) in [4.78, 5) is 27.5. The van der Waals surface area contributed by atoms with Gasteiger partial charge in [0.05, 0.1) is 0 Å². The van der Waals surface area contributed by atoms with E-state index >= 15 is 0 Å². The summed E-state index contributed by atoms with van der Waals surface area (Å²) in [6, 6.07) is 11.2. The summed E-state index contributed by atoms with van der Waals surface area (Å²) in [6.07, 6.45) is 2.32. The van der Waals surface area contributed by atoms with Crippen LogP contribution in [0, 0.1) is 19.7 Å². The van der Waals surface area contributed by atoms with Crippen molar-refractivity contribution in [3.8, 4) is 5.75 Å². The number of rotatable bonds is 11. The van der Waals surface area contributed by atoms with Crippen LogP contribution in [0.2, 0.25) is 0 Å². The lowest BCUT2D eigenvalue weighted by molar-refractivity contribution is -0.143. The van der Waals surface area contributed by atoms with Crippen LogP contribution < -0.4 is 10.1 Å². The molecule has 0 aliphatic heterocycles. The number of hydrogen-bond donors (Lipinski definition) is 1. The van der Waals surface area contributed by atoms with E-state index in [2.05, 4.69) is 12.2 Å². The maximum absolute atomic E-state index is 13.3. The Morgan fingerprint density at radius 2 is 1.81 bits per heavy atom. The van der Waals surface area contributed by atoms with Crippen molar-refractivity contribution in [3.05, 3.63) is 65.0 Å². The first-order chi connectivity index (χ1) is 14.8. The zero-order valence-corrected chi connectivity index (χ0v) is 18.9. The van der Waals surface area contributed by atoms with Gasteiger partial charge in [0.25, 0.3) is 5.91 Å². The van der Waals surface area contributed by atoms with E-state index in [-0.39, 0.29) is 30.8 Å². The Morgan fingerprint density at radius 1 is 1.10 bits per heavy atom. The van der Waals surface area contributed by atoms with E-state index in [0.717, 1.165) is 29.5 Å². The zero-order valence-electron chi connectivity index (χ0n) is 18.9. The normalized spacial score (nSPS) is 11.6. The van der Waals surface area contributed by atoms with Crippen molar-refractivity contribution >= 4 is 11.8 Å². The van der Waals surface area contributed by atoms with E-state index in [0.29, 0.717) is 18.7 Å². The van der Waals surface area contributed by atoms with Crippen LogP contribution in [0.25, 0.3) is 0 Å². The van der Waals surface area contributed by atoms with Crippen LogP contribution in [0.15, 0.2) is 42.5 Å². The average Bonchev–Trinajstić information content (AvgIpc) is 2.75. The SMILES string of the molecule is CCCCNC(=O)C(CC)N(Cc1ccc(F)cc1)C(=O)COc1cc(C)ccc1C. The highest BCUT2D eigenvalue weighted by molar-refractivity contribution is 5.88. The Labute approximate surface area is 184 Å². The molecule has 1 N–H and O–H groups in total. The Balaban J connectivity index is 2.19. The lowest BCUT2D eigenvalue weighted by Gasteiger charge is -2.30. The molecule has 6 heteroatoms. The Morgan fingerprint density at radius 3 is 2.45 bits per heavy atom. The fraction of sp³-hybridized carbons (Fsp3) is 0.440. The van der Waals surface area contributed by atoms with Crippen molar-refractivity contribution in [3.63, 3.8) is 0 Å². The third kappa shape index (κ3) is 7.39. The molecule has 2 aromatic carbocycles. The van der Waals surface area contributed by atoms with E-state index in [9.17, 15) is 14.0 Å². The van der Waals surface area contributed by atoms with Crippen LogP contribution in [-0.4, -0.2) is 35.9 Å². The summed E-state index contributed by atoms with van der Waals surface area (Å²) in [7, 11) is 0. The second-order valence-corrected chi connectivity index (χ2v) is 7.77. The van der Waals surface area contributed by atoms with Crippen LogP contribution in [0.3, 0.4) is 0 Å². The summed E-state index contributed by atoms with van der Waals surface area (Å²) in [6.45, 7) is 8.41. The average molecular weight is 429 g/mol. The minimum Gasteiger partial charge on any atom is -0.483 e. The molecule has 2 rings (SSSR count). The number of ether oxygens (including phenoxy) is 1. The first kappa shape index (κ1) is 24.4. The molecule has 0 heterocycles. The molecule has 0 fully saturated rings. The number of hydrogen-bond acceptors (Lipinski definition) is 3. The van der Waals surface area contributed by atoms with Crippen LogP contribution in [0.1, 0.15) is 49.8 Å². The van der Waals surface area contributed by atoms with Crippen LogP contribution in [-0.2, 0) is 16.1 Å². The summed E-state index contributed by atoms with van der Waals surface area (Å²) in [5.74, 6) is -0.166. The molecule has 1 unspecified atom stereocenters. The van der Waals surface area contributed by atoms with Crippen molar-refractivity contribution in [2.75, 3.05) is 13.2 Å². The molecular formula is C25H33FN2O3. The molecule has 0 spiro atoms. The first-order valence-electron chi connectivity index (χ1n) is 10.9. The Bertz CT molecular complexity index is 868.